The highest BCUT2D eigenvalue weighted by Crippen LogP contribution is 2.29. The van der Waals surface area contributed by atoms with Crippen LogP contribution in [0.1, 0.15) is 32.7 Å². The third-order valence-corrected chi connectivity index (χ3v) is 6.48. The number of rotatable bonds is 5. The van der Waals surface area contributed by atoms with Crippen molar-refractivity contribution in [3.63, 3.8) is 0 Å². The third-order valence-electron chi connectivity index (χ3n) is 5.67. The van der Waals surface area contributed by atoms with Gasteiger partial charge in [0.25, 0.3) is 23.0 Å². The first-order valence-corrected chi connectivity index (χ1v) is 12.0. The predicted octanol–water partition coefficient (Wildman–Crippen LogP) is 2.29. The summed E-state index contributed by atoms with van der Waals surface area (Å²) in [5.74, 6) is -0.926. The van der Waals surface area contributed by atoms with Crippen LogP contribution >= 0.6 is 11.8 Å². The van der Waals surface area contributed by atoms with E-state index >= 15 is 0 Å². The maximum atomic E-state index is 11.7. The van der Waals surface area contributed by atoms with Gasteiger partial charge in [0.2, 0.25) is 0 Å². The molecule has 3 aliphatic rings. The molecule has 9 nitrogen and oxygen atoms in total. The van der Waals surface area contributed by atoms with E-state index in [9.17, 15) is 24.0 Å². The van der Waals surface area contributed by atoms with E-state index in [-0.39, 0.29) is 35.9 Å². The van der Waals surface area contributed by atoms with E-state index in [0.717, 1.165) is 54.1 Å². The van der Waals surface area contributed by atoms with Gasteiger partial charge in [-0.1, -0.05) is 30.3 Å². The lowest BCUT2D eigenvalue weighted by Crippen LogP contribution is -2.43. The van der Waals surface area contributed by atoms with E-state index in [0.29, 0.717) is 22.3 Å². The van der Waals surface area contributed by atoms with Gasteiger partial charge in [0.15, 0.2) is 0 Å². The van der Waals surface area contributed by atoms with Gasteiger partial charge in [-0.25, -0.2) is 0 Å². The summed E-state index contributed by atoms with van der Waals surface area (Å²) in [6.45, 7) is 3.96. The van der Waals surface area contributed by atoms with Crippen molar-refractivity contribution in [2.45, 2.75) is 6.42 Å². The number of benzene rings is 2. The van der Waals surface area contributed by atoms with E-state index < -0.39 is 0 Å². The Balaban J connectivity index is 0.000000172. The number of hydrogen-bond donors (Lipinski definition) is 2. The summed E-state index contributed by atoms with van der Waals surface area (Å²) >= 11 is 0.955. The van der Waals surface area contributed by atoms with Crippen molar-refractivity contribution in [3.8, 4) is 0 Å². The number of hydrogen-bond acceptors (Lipinski definition) is 8. The third kappa shape index (κ3) is 5.50. The van der Waals surface area contributed by atoms with Crippen molar-refractivity contribution in [2.75, 3.05) is 37.6 Å². The molecule has 5 rings (SSSR count). The number of carbonyl (C=O) groups is 5. The van der Waals surface area contributed by atoms with Crippen molar-refractivity contribution >= 4 is 52.8 Å². The van der Waals surface area contributed by atoms with Gasteiger partial charge in [-0.05, 0) is 41.6 Å². The van der Waals surface area contributed by atoms with Crippen molar-refractivity contribution in [2.24, 2.45) is 0 Å². The van der Waals surface area contributed by atoms with Crippen molar-refractivity contribution in [1.29, 1.82) is 0 Å². The molecule has 2 aromatic rings. The summed E-state index contributed by atoms with van der Waals surface area (Å²) in [5.41, 5.74) is 2.93. The highest BCUT2D eigenvalue weighted by Gasteiger charge is 2.34. The van der Waals surface area contributed by atoms with Crippen molar-refractivity contribution in [3.05, 3.63) is 70.1 Å². The first-order valence-electron chi connectivity index (χ1n) is 11.2. The Bertz CT molecular complexity index is 1170. The van der Waals surface area contributed by atoms with Crippen LogP contribution in [0.5, 0.6) is 0 Å². The standard InChI is InChI=1S/C14H15N3O2S.C11H9NO3/c18-13-12(20-14(19)16-13)9-10-3-1-2-4-11(10)17-7-5-15-6-8-17;13-7-3-6-12-10(14)8-4-1-2-5-9(8)11(12)15/h1-4,9,15H,5-8H2,(H,16,18,19);1-2,4-5,7H,3,6H2/b12-9-;. The molecule has 0 unspecified atom stereocenters. The SMILES string of the molecule is O=C1NC(=O)/C(=C/c2ccccc2N2CCNCC2)S1.O=CCCN1C(=O)c2ccccc2C1=O. The zero-order valence-corrected chi connectivity index (χ0v) is 19.7. The van der Waals surface area contributed by atoms with Crippen LogP contribution in [0, 0.1) is 0 Å². The fourth-order valence-electron chi connectivity index (χ4n) is 3.99. The van der Waals surface area contributed by atoms with Crippen molar-refractivity contribution < 1.29 is 24.0 Å². The summed E-state index contributed by atoms with van der Waals surface area (Å²) in [7, 11) is 0. The second kappa shape index (κ2) is 11.1. The van der Waals surface area contributed by atoms with Crippen LogP contribution in [0.4, 0.5) is 10.5 Å². The minimum Gasteiger partial charge on any atom is -0.369 e. The average Bonchev–Trinajstić information content (AvgIpc) is 3.33. The molecule has 2 N–H and O–H groups in total. The summed E-state index contributed by atoms with van der Waals surface area (Å²) in [5, 5.41) is 5.29. The Hall–Kier alpha value is -3.76. The molecular formula is C25H24N4O5S. The van der Waals surface area contributed by atoms with Gasteiger partial charge in [-0.3, -0.25) is 29.4 Å². The molecule has 0 aromatic heterocycles. The minimum absolute atomic E-state index is 0.163. The monoisotopic (exact) mass is 492 g/mol. The average molecular weight is 493 g/mol. The van der Waals surface area contributed by atoms with E-state index in [2.05, 4.69) is 21.6 Å². The van der Waals surface area contributed by atoms with E-state index in [1.54, 1.807) is 30.3 Å². The lowest BCUT2D eigenvalue weighted by atomic mass is 10.1. The van der Waals surface area contributed by atoms with Crippen LogP contribution < -0.4 is 15.5 Å². The number of fused-ring (bicyclic) bond motifs is 1. The molecule has 10 heteroatoms. The Morgan fingerprint density at radius 3 is 2.11 bits per heavy atom. The fourth-order valence-corrected chi connectivity index (χ4v) is 4.66. The topological polar surface area (TPSA) is 116 Å². The van der Waals surface area contributed by atoms with E-state index in [4.69, 9.17) is 0 Å². The van der Waals surface area contributed by atoms with Gasteiger partial charge in [0.05, 0.1) is 16.0 Å². The van der Waals surface area contributed by atoms with E-state index in [1.165, 1.54) is 0 Å². The molecule has 2 saturated heterocycles. The molecule has 2 aromatic carbocycles. The number of anilines is 1. The molecule has 0 radical (unpaired) electrons. The van der Waals surface area contributed by atoms with Crippen LogP contribution in [-0.4, -0.2) is 66.9 Å². The number of piperazine rings is 1. The Kier molecular flexibility index (Phi) is 7.74. The van der Waals surface area contributed by atoms with Crippen LogP contribution in [-0.2, 0) is 9.59 Å². The lowest BCUT2D eigenvalue weighted by molar-refractivity contribution is -0.115. The van der Waals surface area contributed by atoms with Gasteiger partial charge in [0.1, 0.15) is 6.29 Å². The molecule has 35 heavy (non-hydrogen) atoms. The summed E-state index contributed by atoms with van der Waals surface area (Å²) < 4.78 is 0. The molecule has 2 fully saturated rings. The number of amides is 4. The number of aldehydes is 1. The number of carbonyl (C=O) groups excluding carboxylic acids is 5. The quantitative estimate of drug-likeness (QED) is 0.371. The predicted molar refractivity (Wildman–Crippen MR) is 133 cm³/mol. The molecule has 3 aliphatic heterocycles. The molecule has 0 atom stereocenters. The number of nitrogens with one attached hydrogen (secondary N) is 2. The van der Waals surface area contributed by atoms with Gasteiger partial charge in [-0.15, -0.1) is 0 Å². The van der Waals surface area contributed by atoms with Gasteiger partial charge >= 0.3 is 0 Å². The highest BCUT2D eigenvalue weighted by atomic mass is 32.2. The molecule has 0 aliphatic carbocycles. The van der Waals surface area contributed by atoms with Crippen LogP contribution in [0.15, 0.2) is 53.4 Å². The summed E-state index contributed by atoms with van der Waals surface area (Å²) in [6, 6.07) is 14.6. The number of nitrogens with zero attached hydrogens (tertiary/aromatic N) is 2. The van der Waals surface area contributed by atoms with Crippen LogP contribution in [0.2, 0.25) is 0 Å². The largest absolute Gasteiger partial charge is 0.369 e. The zero-order chi connectivity index (χ0) is 24.8. The second-order valence-corrected chi connectivity index (χ2v) is 8.93. The Labute approximate surface area is 206 Å². The van der Waals surface area contributed by atoms with Crippen LogP contribution in [0.3, 0.4) is 0 Å². The maximum absolute atomic E-state index is 11.7. The molecular weight excluding hydrogens is 468 g/mol. The number of para-hydroxylation sites is 1. The van der Waals surface area contributed by atoms with Gasteiger partial charge < -0.3 is 15.0 Å². The van der Waals surface area contributed by atoms with Crippen molar-refractivity contribution in [1.82, 2.24) is 15.5 Å². The van der Waals surface area contributed by atoms with E-state index in [1.807, 2.05) is 18.2 Å². The molecule has 0 saturated carbocycles. The maximum Gasteiger partial charge on any atom is 0.290 e. The molecule has 0 bridgehead atoms. The minimum atomic E-state index is -0.310. The second-order valence-electron chi connectivity index (χ2n) is 7.91. The summed E-state index contributed by atoms with van der Waals surface area (Å²) in [6.07, 6.45) is 2.68. The Morgan fingerprint density at radius 1 is 0.886 bits per heavy atom. The molecule has 3 heterocycles. The zero-order valence-electron chi connectivity index (χ0n) is 18.9. The van der Waals surface area contributed by atoms with Crippen LogP contribution in [0.25, 0.3) is 6.08 Å². The Morgan fingerprint density at radius 2 is 1.51 bits per heavy atom. The molecule has 180 valence electrons. The fraction of sp³-hybridized carbons (Fsp3) is 0.240. The molecule has 0 spiro atoms. The van der Waals surface area contributed by atoms with Gasteiger partial charge in [0, 0.05) is 44.8 Å². The first kappa shape index (κ1) is 24.4. The molecule has 4 amide bonds. The number of thioether (sulfide) groups is 1. The smallest absolute Gasteiger partial charge is 0.290 e. The highest BCUT2D eigenvalue weighted by molar-refractivity contribution is 8.18. The normalized spacial score (nSPS) is 18.3. The van der Waals surface area contributed by atoms with Gasteiger partial charge in [-0.2, -0.15) is 0 Å². The first-order chi connectivity index (χ1) is 17.0. The number of imide groups is 2. The summed E-state index contributed by atoms with van der Waals surface area (Å²) in [4.78, 5) is 60.3. The lowest BCUT2D eigenvalue weighted by Gasteiger charge is -2.30.